The lowest BCUT2D eigenvalue weighted by Crippen LogP contribution is -2.19. The van der Waals surface area contributed by atoms with Gasteiger partial charge in [0.2, 0.25) is 5.65 Å². The van der Waals surface area contributed by atoms with Crippen molar-refractivity contribution in [3.8, 4) is 0 Å². The molecule has 0 radical (unpaired) electrons. The Hall–Kier alpha value is -1.65. The molecule has 0 fully saturated rings. The lowest BCUT2D eigenvalue weighted by atomic mass is 10.2. The maximum absolute atomic E-state index is 11.6. The fraction of sp³-hybridized carbons (Fsp3) is 0.444. The zero-order chi connectivity index (χ0) is 10.3. The molecule has 0 aromatic carbocycles. The van der Waals surface area contributed by atoms with Crippen LogP contribution in [0.15, 0.2) is 17.3 Å². The third-order valence-electron chi connectivity index (χ3n) is 2.16. The molecule has 0 saturated carbocycles. The van der Waals surface area contributed by atoms with Crippen LogP contribution in [-0.4, -0.2) is 19.2 Å². The van der Waals surface area contributed by atoms with Gasteiger partial charge in [-0.2, -0.15) is 5.10 Å². The van der Waals surface area contributed by atoms with Crippen molar-refractivity contribution in [2.24, 2.45) is 7.05 Å². The van der Waals surface area contributed by atoms with E-state index in [0.29, 0.717) is 11.6 Å². The Labute approximate surface area is 81.0 Å². The summed E-state index contributed by atoms with van der Waals surface area (Å²) in [6.45, 7) is 4.07. The molecule has 2 heterocycles. The van der Waals surface area contributed by atoms with Gasteiger partial charge in [-0.15, -0.1) is 0 Å². The van der Waals surface area contributed by atoms with E-state index in [0.717, 1.165) is 5.69 Å². The summed E-state index contributed by atoms with van der Waals surface area (Å²) < 4.78 is 2.95. The number of fused-ring (bicyclic) bond motifs is 1. The summed E-state index contributed by atoms with van der Waals surface area (Å²) in [5.74, 6) is 0.307. The second-order valence-electron chi connectivity index (χ2n) is 3.64. The van der Waals surface area contributed by atoms with E-state index in [1.807, 2.05) is 13.8 Å². The van der Waals surface area contributed by atoms with Crippen LogP contribution in [0.1, 0.15) is 25.5 Å². The molecule has 5 nitrogen and oxygen atoms in total. The minimum absolute atomic E-state index is 0.119. The summed E-state index contributed by atoms with van der Waals surface area (Å²) in [5.41, 5.74) is 1.16. The minimum Gasteiger partial charge on any atom is -0.298 e. The lowest BCUT2D eigenvalue weighted by Gasteiger charge is -1.94. The van der Waals surface area contributed by atoms with Crippen molar-refractivity contribution >= 4 is 5.65 Å². The van der Waals surface area contributed by atoms with Gasteiger partial charge in [-0.1, -0.05) is 13.8 Å². The van der Waals surface area contributed by atoms with E-state index < -0.39 is 0 Å². The number of aromatic nitrogens is 4. The van der Waals surface area contributed by atoms with Crippen molar-refractivity contribution < 1.29 is 0 Å². The Morgan fingerprint density at radius 2 is 2.14 bits per heavy atom. The fourth-order valence-corrected chi connectivity index (χ4v) is 1.24. The van der Waals surface area contributed by atoms with Crippen molar-refractivity contribution in [1.29, 1.82) is 0 Å². The Balaban J connectivity index is 2.78. The highest BCUT2D eigenvalue weighted by molar-refractivity contribution is 5.35. The molecule has 0 saturated heterocycles. The topological polar surface area (TPSA) is 52.2 Å². The van der Waals surface area contributed by atoms with Crippen molar-refractivity contribution in [3.05, 3.63) is 28.6 Å². The SMILES string of the molecule is CC(C)c1cn2ncn(C)c(=O)c2n1. The molecule has 0 spiro atoms. The number of hydrogen-bond acceptors (Lipinski definition) is 3. The highest BCUT2D eigenvalue weighted by atomic mass is 16.1. The fourth-order valence-electron chi connectivity index (χ4n) is 1.24. The first-order valence-electron chi connectivity index (χ1n) is 4.50. The van der Waals surface area contributed by atoms with Gasteiger partial charge < -0.3 is 0 Å². The van der Waals surface area contributed by atoms with E-state index in [1.54, 1.807) is 13.2 Å². The summed E-state index contributed by atoms with van der Waals surface area (Å²) in [6, 6.07) is 0. The Kier molecular flexibility index (Phi) is 1.87. The van der Waals surface area contributed by atoms with E-state index >= 15 is 0 Å². The molecule has 0 amide bonds. The Morgan fingerprint density at radius 3 is 2.79 bits per heavy atom. The Morgan fingerprint density at radius 1 is 1.43 bits per heavy atom. The van der Waals surface area contributed by atoms with Gasteiger partial charge in [0, 0.05) is 7.05 Å². The van der Waals surface area contributed by atoms with Gasteiger partial charge in [-0.25, -0.2) is 9.50 Å². The summed E-state index contributed by atoms with van der Waals surface area (Å²) in [7, 11) is 1.67. The van der Waals surface area contributed by atoms with Gasteiger partial charge in [0.05, 0.1) is 11.9 Å². The predicted molar refractivity (Wildman–Crippen MR) is 52.3 cm³/mol. The molecule has 0 atom stereocenters. The number of rotatable bonds is 1. The summed E-state index contributed by atoms with van der Waals surface area (Å²) in [6.07, 6.45) is 3.28. The molecule has 0 aliphatic heterocycles. The average Bonchev–Trinajstić information content (AvgIpc) is 2.56. The highest BCUT2D eigenvalue weighted by Crippen LogP contribution is 2.11. The molecule has 0 N–H and O–H groups in total. The van der Waals surface area contributed by atoms with Crippen LogP contribution < -0.4 is 5.56 Å². The zero-order valence-corrected chi connectivity index (χ0v) is 8.43. The molecule has 0 unspecified atom stereocenters. The van der Waals surface area contributed by atoms with Crippen molar-refractivity contribution in [2.75, 3.05) is 0 Å². The normalized spacial score (nSPS) is 11.4. The summed E-state index contributed by atoms with van der Waals surface area (Å²) >= 11 is 0. The van der Waals surface area contributed by atoms with Gasteiger partial charge >= 0.3 is 0 Å². The zero-order valence-electron chi connectivity index (χ0n) is 8.43. The molecule has 74 valence electrons. The smallest absolute Gasteiger partial charge is 0.296 e. The molecular formula is C9H12N4O. The van der Waals surface area contributed by atoms with Crippen LogP contribution in [-0.2, 0) is 7.05 Å². The predicted octanol–water partition coefficient (Wildman–Crippen LogP) is 0.551. The molecule has 0 aliphatic carbocycles. The highest BCUT2D eigenvalue weighted by Gasteiger charge is 2.09. The standard InChI is InChI=1S/C9H12N4O/c1-6(2)7-4-13-8(11-7)9(14)12(3)5-10-13/h4-6H,1-3H3. The summed E-state index contributed by atoms with van der Waals surface area (Å²) in [4.78, 5) is 15.8. The Bertz CT molecular complexity index is 523. The quantitative estimate of drug-likeness (QED) is 0.663. The second-order valence-corrected chi connectivity index (χ2v) is 3.64. The van der Waals surface area contributed by atoms with Crippen LogP contribution in [0, 0.1) is 0 Å². The van der Waals surface area contributed by atoms with E-state index in [9.17, 15) is 4.79 Å². The van der Waals surface area contributed by atoms with Crippen LogP contribution in [0.3, 0.4) is 0 Å². The number of imidazole rings is 1. The maximum Gasteiger partial charge on any atom is 0.296 e. The minimum atomic E-state index is -0.119. The third-order valence-corrected chi connectivity index (χ3v) is 2.16. The van der Waals surface area contributed by atoms with Crippen molar-refractivity contribution in [1.82, 2.24) is 19.2 Å². The first-order chi connectivity index (χ1) is 6.59. The van der Waals surface area contributed by atoms with Crippen LogP contribution in [0.5, 0.6) is 0 Å². The van der Waals surface area contributed by atoms with Gasteiger partial charge in [-0.3, -0.25) is 9.36 Å². The molecule has 2 aromatic heterocycles. The van der Waals surface area contributed by atoms with Gasteiger partial charge in [0.1, 0.15) is 6.33 Å². The molecular weight excluding hydrogens is 180 g/mol. The molecule has 0 aliphatic rings. The average molecular weight is 192 g/mol. The third kappa shape index (κ3) is 1.21. The molecule has 0 bridgehead atoms. The van der Waals surface area contributed by atoms with Crippen LogP contribution in [0.2, 0.25) is 0 Å². The van der Waals surface area contributed by atoms with Crippen molar-refractivity contribution in [2.45, 2.75) is 19.8 Å². The molecule has 5 heteroatoms. The van der Waals surface area contributed by atoms with Crippen LogP contribution in [0.4, 0.5) is 0 Å². The molecule has 2 rings (SSSR count). The van der Waals surface area contributed by atoms with Crippen LogP contribution >= 0.6 is 0 Å². The van der Waals surface area contributed by atoms with Gasteiger partial charge in [0.15, 0.2) is 0 Å². The number of aryl methyl sites for hydroxylation is 1. The second kappa shape index (κ2) is 2.94. The first kappa shape index (κ1) is 8.93. The maximum atomic E-state index is 11.6. The van der Waals surface area contributed by atoms with Gasteiger partial charge in [-0.05, 0) is 5.92 Å². The number of nitrogens with zero attached hydrogens (tertiary/aromatic N) is 4. The van der Waals surface area contributed by atoms with E-state index in [2.05, 4.69) is 10.1 Å². The largest absolute Gasteiger partial charge is 0.298 e. The van der Waals surface area contributed by atoms with E-state index in [-0.39, 0.29) is 5.56 Å². The summed E-state index contributed by atoms with van der Waals surface area (Å²) in [5, 5.41) is 4.06. The first-order valence-corrected chi connectivity index (χ1v) is 4.50. The lowest BCUT2D eigenvalue weighted by molar-refractivity contribution is 0.759. The molecule has 14 heavy (non-hydrogen) atoms. The molecule has 2 aromatic rings. The van der Waals surface area contributed by atoms with E-state index in [1.165, 1.54) is 15.4 Å². The van der Waals surface area contributed by atoms with Crippen molar-refractivity contribution in [3.63, 3.8) is 0 Å². The number of hydrogen-bond donors (Lipinski definition) is 0. The van der Waals surface area contributed by atoms with E-state index in [4.69, 9.17) is 0 Å². The van der Waals surface area contributed by atoms with Gasteiger partial charge in [0.25, 0.3) is 5.56 Å². The monoisotopic (exact) mass is 192 g/mol. The van der Waals surface area contributed by atoms with Crippen LogP contribution in [0.25, 0.3) is 5.65 Å².